The van der Waals surface area contributed by atoms with Gasteiger partial charge in [0.1, 0.15) is 12.4 Å². The van der Waals surface area contributed by atoms with Gasteiger partial charge in [-0.15, -0.1) is 0 Å². The van der Waals surface area contributed by atoms with Gasteiger partial charge in [-0.25, -0.2) is 9.97 Å². The summed E-state index contributed by atoms with van der Waals surface area (Å²) in [7, 11) is 1.66. The van der Waals surface area contributed by atoms with Gasteiger partial charge in [0, 0.05) is 44.1 Å². The van der Waals surface area contributed by atoms with Crippen LogP contribution < -0.4 is 5.32 Å². The summed E-state index contributed by atoms with van der Waals surface area (Å²) in [5, 5.41) is 3.40. The van der Waals surface area contributed by atoms with Crippen LogP contribution in [0.4, 0.5) is 5.82 Å². The normalized spacial score (nSPS) is 17.1. The summed E-state index contributed by atoms with van der Waals surface area (Å²) in [6.45, 7) is 2.81. The van der Waals surface area contributed by atoms with Crippen LogP contribution in [0.2, 0.25) is 0 Å². The van der Waals surface area contributed by atoms with E-state index in [-0.39, 0.29) is 0 Å². The zero-order valence-corrected chi connectivity index (χ0v) is 14.1. The lowest BCUT2D eigenvalue weighted by Crippen LogP contribution is -2.11. The monoisotopic (exact) mass is 328 g/mol. The quantitative estimate of drug-likeness (QED) is 0.751. The molecule has 1 aliphatic rings. The molecule has 0 radical (unpaired) electrons. The fraction of sp³-hybridized carbons (Fsp3) is 0.500. The van der Waals surface area contributed by atoms with Crippen molar-refractivity contribution in [3.05, 3.63) is 47.7 Å². The topological polar surface area (TPSA) is 69.2 Å². The fourth-order valence-corrected chi connectivity index (χ4v) is 2.81. The van der Waals surface area contributed by atoms with Gasteiger partial charge in [0.05, 0.1) is 12.3 Å². The standard InChI is InChI=1S/C18H24N4O2/c1-23-13-18-21-16(14-7-10-24-12-14)11-17(22-18)20-9-4-6-15-5-2-3-8-19-15/h2-3,5,8,11,14H,4,6-7,9-10,12-13H2,1H3,(H,20,21,22). The number of aromatic nitrogens is 3. The molecule has 0 aromatic carbocycles. The van der Waals surface area contributed by atoms with E-state index in [1.165, 1.54) is 0 Å². The average Bonchev–Trinajstić information content (AvgIpc) is 3.15. The molecule has 0 spiro atoms. The Balaban J connectivity index is 1.59. The predicted octanol–water partition coefficient (Wildman–Crippen LogP) is 2.57. The second-order valence-corrected chi connectivity index (χ2v) is 5.94. The van der Waals surface area contributed by atoms with E-state index < -0.39 is 0 Å². The first-order chi connectivity index (χ1) is 11.8. The third-order valence-corrected chi connectivity index (χ3v) is 4.06. The van der Waals surface area contributed by atoms with Gasteiger partial charge in [-0.2, -0.15) is 0 Å². The molecule has 0 amide bonds. The summed E-state index contributed by atoms with van der Waals surface area (Å²) < 4.78 is 10.7. The minimum absolute atomic E-state index is 0.359. The Morgan fingerprint density at radius 3 is 3.04 bits per heavy atom. The predicted molar refractivity (Wildman–Crippen MR) is 92.0 cm³/mol. The minimum Gasteiger partial charge on any atom is -0.381 e. The Bertz CT molecular complexity index is 630. The molecule has 3 rings (SSSR count). The van der Waals surface area contributed by atoms with Crippen molar-refractivity contribution >= 4 is 5.82 Å². The van der Waals surface area contributed by atoms with Gasteiger partial charge in [-0.3, -0.25) is 4.98 Å². The molecule has 6 nitrogen and oxygen atoms in total. The van der Waals surface area contributed by atoms with Crippen molar-refractivity contribution in [1.29, 1.82) is 0 Å². The first-order valence-corrected chi connectivity index (χ1v) is 8.43. The number of nitrogens with zero attached hydrogens (tertiary/aromatic N) is 3. The Labute approximate surface area is 142 Å². The second kappa shape index (κ2) is 8.70. The molecule has 0 saturated carbocycles. The lowest BCUT2D eigenvalue weighted by atomic mass is 10.0. The van der Waals surface area contributed by atoms with Crippen LogP contribution in [-0.2, 0) is 22.5 Å². The Morgan fingerprint density at radius 2 is 2.29 bits per heavy atom. The van der Waals surface area contributed by atoms with Crippen molar-refractivity contribution in [2.45, 2.75) is 31.8 Å². The highest BCUT2D eigenvalue weighted by Crippen LogP contribution is 2.25. The van der Waals surface area contributed by atoms with E-state index in [1.54, 1.807) is 7.11 Å². The molecule has 1 saturated heterocycles. The Morgan fingerprint density at radius 1 is 1.33 bits per heavy atom. The molecule has 24 heavy (non-hydrogen) atoms. The summed E-state index contributed by atoms with van der Waals surface area (Å²) in [5.74, 6) is 1.94. The van der Waals surface area contributed by atoms with Crippen molar-refractivity contribution in [3.8, 4) is 0 Å². The zero-order valence-electron chi connectivity index (χ0n) is 14.1. The summed E-state index contributed by atoms with van der Waals surface area (Å²) in [5.41, 5.74) is 2.16. The minimum atomic E-state index is 0.359. The third-order valence-electron chi connectivity index (χ3n) is 4.06. The summed E-state index contributed by atoms with van der Waals surface area (Å²) in [6.07, 6.45) is 4.80. The molecule has 0 aliphatic carbocycles. The SMILES string of the molecule is COCc1nc(NCCCc2ccccn2)cc(C2CCOC2)n1. The van der Waals surface area contributed by atoms with Crippen LogP contribution in [0.25, 0.3) is 0 Å². The van der Waals surface area contributed by atoms with Crippen LogP contribution in [0.3, 0.4) is 0 Å². The maximum atomic E-state index is 5.48. The van der Waals surface area contributed by atoms with Crippen molar-refractivity contribution in [1.82, 2.24) is 15.0 Å². The summed E-state index contributed by atoms with van der Waals surface area (Å²) in [6, 6.07) is 8.06. The number of ether oxygens (including phenoxy) is 2. The van der Waals surface area contributed by atoms with Crippen LogP contribution in [0.5, 0.6) is 0 Å². The largest absolute Gasteiger partial charge is 0.381 e. The number of aryl methyl sites for hydroxylation is 1. The van der Waals surface area contributed by atoms with E-state index in [0.717, 1.165) is 56.2 Å². The molecular formula is C18H24N4O2. The lowest BCUT2D eigenvalue weighted by molar-refractivity contribution is 0.177. The molecule has 2 aromatic heterocycles. The molecule has 2 aromatic rings. The smallest absolute Gasteiger partial charge is 0.156 e. The second-order valence-electron chi connectivity index (χ2n) is 5.94. The van der Waals surface area contributed by atoms with Crippen LogP contribution in [0.15, 0.2) is 30.5 Å². The van der Waals surface area contributed by atoms with Gasteiger partial charge in [-0.05, 0) is 31.4 Å². The molecule has 128 valence electrons. The highest BCUT2D eigenvalue weighted by Gasteiger charge is 2.20. The van der Waals surface area contributed by atoms with E-state index in [0.29, 0.717) is 18.3 Å². The van der Waals surface area contributed by atoms with Crippen molar-refractivity contribution in [2.24, 2.45) is 0 Å². The first kappa shape index (κ1) is 16.8. The third kappa shape index (κ3) is 4.72. The van der Waals surface area contributed by atoms with E-state index >= 15 is 0 Å². The van der Waals surface area contributed by atoms with Gasteiger partial charge < -0.3 is 14.8 Å². The van der Waals surface area contributed by atoms with Crippen molar-refractivity contribution < 1.29 is 9.47 Å². The van der Waals surface area contributed by atoms with Crippen molar-refractivity contribution in [2.75, 3.05) is 32.2 Å². The number of rotatable bonds is 8. The van der Waals surface area contributed by atoms with E-state index in [9.17, 15) is 0 Å². The van der Waals surface area contributed by atoms with Gasteiger partial charge in [0.25, 0.3) is 0 Å². The number of hydrogen-bond donors (Lipinski definition) is 1. The Kier molecular flexibility index (Phi) is 6.09. The number of pyridine rings is 1. The zero-order chi connectivity index (χ0) is 16.6. The maximum Gasteiger partial charge on any atom is 0.156 e. The first-order valence-electron chi connectivity index (χ1n) is 8.43. The molecule has 1 fully saturated rings. The molecular weight excluding hydrogens is 304 g/mol. The number of hydrogen-bond acceptors (Lipinski definition) is 6. The van der Waals surface area contributed by atoms with Crippen LogP contribution in [0, 0.1) is 0 Å². The number of nitrogens with one attached hydrogen (secondary N) is 1. The lowest BCUT2D eigenvalue weighted by Gasteiger charge is -2.12. The molecule has 3 heterocycles. The highest BCUT2D eigenvalue weighted by atomic mass is 16.5. The number of anilines is 1. The molecule has 0 bridgehead atoms. The molecule has 1 aliphatic heterocycles. The van der Waals surface area contributed by atoms with Gasteiger partial charge in [-0.1, -0.05) is 6.07 Å². The molecule has 6 heteroatoms. The van der Waals surface area contributed by atoms with E-state index in [2.05, 4.69) is 26.3 Å². The van der Waals surface area contributed by atoms with Gasteiger partial charge in [0.15, 0.2) is 5.82 Å². The van der Waals surface area contributed by atoms with Crippen LogP contribution in [-0.4, -0.2) is 41.8 Å². The molecule has 1 unspecified atom stereocenters. The number of methoxy groups -OCH3 is 1. The average molecular weight is 328 g/mol. The van der Waals surface area contributed by atoms with Gasteiger partial charge in [0.2, 0.25) is 0 Å². The van der Waals surface area contributed by atoms with Gasteiger partial charge >= 0.3 is 0 Å². The Hall–Kier alpha value is -2.05. The van der Waals surface area contributed by atoms with Crippen LogP contribution >= 0.6 is 0 Å². The highest BCUT2D eigenvalue weighted by molar-refractivity contribution is 5.37. The summed E-state index contributed by atoms with van der Waals surface area (Å²) >= 11 is 0. The summed E-state index contributed by atoms with van der Waals surface area (Å²) in [4.78, 5) is 13.5. The fourth-order valence-electron chi connectivity index (χ4n) is 2.81. The molecule has 1 N–H and O–H groups in total. The maximum absolute atomic E-state index is 5.48. The van der Waals surface area contributed by atoms with E-state index in [4.69, 9.17) is 9.47 Å². The van der Waals surface area contributed by atoms with E-state index in [1.807, 2.05) is 24.4 Å². The van der Waals surface area contributed by atoms with Crippen molar-refractivity contribution in [3.63, 3.8) is 0 Å². The van der Waals surface area contributed by atoms with Crippen LogP contribution in [0.1, 0.15) is 36.0 Å². The molecule has 1 atom stereocenters.